The van der Waals surface area contributed by atoms with Gasteiger partial charge in [-0.3, -0.25) is 0 Å². The zero-order valence-electron chi connectivity index (χ0n) is 12.8. The van der Waals surface area contributed by atoms with Crippen LogP contribution in [0.1, 0.15) is 40.4 Å². The molecule has 2 rings (SSSR count). The van der Waals surface area contributed by atoms with Gasteiger partial charge in [0, 0.05) is 5.56 Å². The number of nitrogens with zero attached hydrogens (tertiary/aromatic N) is 1. The largest absolute Gasteiger partial charge is 0.461 e. The summed E-state index contributed by atoms with van der Waals surface area (Å²) in [6.07, 6.45) is 0. The highest BCUT2D eigenvalue weighted by Gasteiger charge is 2.25. The summed E-state index contributed by atoms with van der Waals surface area (Å²) in [6.45, 7) is 5.74. The molecule has 2 aromatic rings. The number of hydrogen-bond acceptors (Lipinski definition) is 5. The number of imidazole rings is 1. The number of hydrogen-bond donors (Lipinski definition) is 1. The normalized spacial score (nSPS) is 10.3. The molecule has 0 aliphatic carbocycles. The first-order valence-corrected chi connectivity index (χ1v) is 7.08. The van der Waals surface area contributed by atoms with Crippen LogP contribution < -0.4 is 0 Å². The van der Waals surface area contributed by atoms with Crippen molar-refractivity contribution in [3.05, 3.63) is 41.2 Å². The number of aromatic amines is 1. The van der Waals surface area contributed by atoms with E-state index in [1.807, 2.05) is 31.2 Å². The maximum atomic E-state index is 12.0. The van der Waals surface area contributed by atoms with Crippen LogP contribution in [-0.2, 0) is 9.47 Å². The summed E-state index contributed by atoms with van der Waals surface area (Å²) < 4.78 is 9.89. The second kappa shape index (κ2) is 6.89. The number of rotatable bonds is 5. The van der Waals surface area contributed by atoms with Gasteiger partial charge in [-0.25, -0.2) is 14.6 Å². The SMILES string of the molecule is CCOC(=O)c1nc(-c2cccc(C)c2)[nH]c1C(=O)OCC. The summed E-state index contributed by atoms with van der Waals surface area (Å²) >= 11 is 0. The van der Waals surface area contributed by atoms with E-state index >= 15 is 0 Å². The van der Waals surface area contributed by atoms with Gasteiger partial charge in [-0.1, -0.05) is 23.8 Å². The number of aromatic nitrogens is 2. The van der Waals surface area contributed by atoms with E-state index in [1.165, 1.54) is 0 Å². The number of benzene rings is 1. The molecule has 1 N–H and O–H groups in total. The van der Waals surface area contributed by atoms with Crippen LogP contribution in [0, 0.1) is 6.92 Å². The summed E-state index contributed by atoms with van der Waals surface area (Å²) in [7, 11) is 0. The predicted octanol–water partition coefficient (Wildman–Crippen LogP) is 2.74. The Morgan fingerprint density at radius 2 is 1.82 bits per heavy atom. The smallest absolute Gasteiger partial charge is 0.359 e. The van der Waals surface area contributed by atoms with Crippen molar-refractivity contribution in [1.82, 2.24) is 9.97 Å². The van der Waals surface area contributed by atoms with Crippen molar-refractivity contribution in [3.63, 3.8) is 0 Å². The molecule has 0 saturated heterocycles. The summed E-state index contributed by atoms with van der Waals surface area (Å²) in [5.41, 5.74) is 1.78. The molecule has 116 valence electrons. The van der Waals surface area contributed by atoms with E-state index < -0.39 is 11.9 Å². The van der Waals surface area contributed by atoms with Crippen molar-refractivity contribution in [3.8, 4) is 11.4 Å². The molecule has 0 aliphatic rings. The van der Waals surface area contributed by atoms with E-state index in [1.54, 1.807) is 13.8 Å². The molecule has 1 heterocycles. The van der Waals surface area contributed by atoms with Crippen LogP contribution in [-0.4, -0.2) is 35.1 Å². The molecule has 0 radical (unpaired) electrons. The molecule has 0 atom stereocenters. The predicted molar refractivity (Wildman–Crippen MR) is 80.7 cm³/mol. The van der Waals surface area contributed by atoms with Crippen molar-refractivity contribution in [2.45, 2.75) is 20.8 Å². The van der Waals surface area contributed by atoms with Gasteiger partial charge < -0.3 is 14.5 Å². The molecule has 1 aromatic heterocycles. The third kappa shape index (κ3) is 3.33. The van der Waals surface area contributed by atoms with Crippen LogP contribution in [0.5, 0.6) is 0 Å². The fourth-order valence-corrected chi connectivity index (χ4v) is 2.00. The van der Waals surface area contributed by atoms with Gasteiger partial charge in [-0.2, -0.15) is 0 Å². The van der Waals surface area contributed by atoms with Gasteiger partial charge in [0.25, 0.3) is 0 Å². The first-order chi connectivity index (χ1) is 10.6. The van der Waals surface area contributed by atoms with Gasteiger partial charge in [0.15, 0.2) is 11.4 Å². The summed E-state index contributed by atoms with van der Waals surface area (Å²) in [6, 6.07) is 7.57. The zero-order valence-corrected chi connectivity index (χ0v) is 12.8. The van der Waals surface area contributed by atoms with Crippen LogP contribution in [0.4, 0.5) is 0 Å². The summed E-state index contributed by atoms with van der Waals surface area (Å²) in [5.74, 6) is -0.854. The molecule has 0 spiro atoms. The highest BCUT2D eigenvalue weighted by atomic mass is 16.5. The Morgan fingerprint density at radius 1 is 1.14 bits per heavy atom. The Hall–Kier alpha value is -2.63. The molecule has 0 saturated carbocycles. The molecule has 0 unspecified atom stereocenters. The Bertz CT molecular complexity index is 656. The number of carbonyl (C=O) groups is 2. The third-order valence-electron chi connectivity index (χ3n) is 2.94. The fourth-order valence-electron chi connectivity index (χ4n) is 2.00. The quantitative estimate of drug-likeness (QED) is 0.859. The van der Waals surface area contributed by atoms with Gasteiger partial charge in [0.1, 0.15) is 5.82 Å². The summed E-state index contributed by atoms with van der Waals surface area (Å²) in [4.78, 5) is 31.0. The Labute approximate surface area is 128 Å². The van der Waals surface area contributed by atoms with E-state index in [-0.39, 0.29) is 24.6 Å². The second-order valence-corrected chi connectivity index (χ2v) is 4.62. The van der Waals surface area contributed by atoms with Crippen molar-refractivity contribution in [2.24, 2.45) is 0 Å². The standard InChI is InChI=1S/C16H18N2O4/c1-4-21-15(19)12-13(16(20)22-5-2)18-14(17-12)11-8-6-7-10(3)9-11/h6-9H,4-5H2,1-3H3,(H,17,18). The average molecular weight is 302 g/mol. The summed E-state index contributed by atoms with van der Waals surface area (Å²) in [5, 5.41) is 0. The molecule has 22 heavy (non-hydrogen) atoms. The number of ether oxygens (including phenoxy) is 2. The molecule has 1 aromatic carbocycles. The molecular weight excluding hydrogens is 284 g/mol. The number of H-pyrrole nitrogens is 1. The minimum atomic E-state index is -0.652. The minimum absolute atomic E-state index is 0.0109. The van der Waals surface area contributed by atoms with Gasteiger partial charge in [-0.15, -0.1) is 0 Å². The van der Waals surface area contributed by atoms with Crippen molar-refractivity contribution in [1.29, 1.82) is 0 Å². The second-order valence-electron chi connectivity index (χ2n) is 4.62. The molecule has 0 bridgehead atoms. The number of carbonyl (C=O) groups excluding carboxylic acids is 2. The van der Waals surface area contributed by atoms with Crippen LogP contribution in [0.3, 0.4) is 0 Å². The van der Waals surface area contributed by atoms with Crippen LogP contribution >= 0.6 is 0 Å². The minimum Gasteiger partial charge on any atom is -0.461 e. The van der Waals surface area contributed by atoms with E-state index in [0.717, 1.165) is 11.1 Å². The Balaban J connectivity index is 2.47. The Kier molecular flexibility index (Phi) is 4.93. The lowest BCUT2D eigenvalue weighted by Gasteiger charge is -2.02. The highest BCUT2D eigenvalue weighted by Crippen LogP contribution is 2.20. The van der Waals surface area contributed by atoms with E-state index in [9.17, 15) is 9.59 Å². The van der Waals surface area contributed by atoms with Gasteiger partial charge >= 0.3 is 11.9 Å². The van der Waals surface area contributed by atoms with Gasteiger partial charge in [0.2, 0.25) is 0 Å². The van der Waals surface area contributed by atoms with Crippen molar-refractivity contribution >= 4 is 11.9 Å². The van der Waals surface area contributed by atoms with Crippen LogP contribution in [0.25, 0.3) is 11.4 Å². The highest BCUT2D eigenvalue weighted by molar-refractivity contribution is 6.01. The lowest BCUT2D eigenvalue weighted by Crippen LogP contribution is -2.13. The molecule has 0 aliphatic heterocycles. The van der Waals surface area contributed by atoms with E-state index in [4.69, 9.17) is 9.47 Å². The molecule has 0 amide bonds. The first-order valence-electron chi connectivity index (χ1n) is 7.08. The average Bonchev–Trinajstić information content (AvgIpc) is 2.93. The monoisotopic (exact) mass is 302 g/mol. The van der Waals surface area contributed by atoms with Gasteiger partial charge in [0.05, 0.1) is 13.2 Å². The van der Waals surface area contributed by atoms with E-state index in [0.29, 0.717) is 5.82 Å². The number of aryl methyl sites for hydroxylation is 1. The molecule has 6 nitrogen and oxygen atoms in total. The fraction of sp³-hybridized carbons (Fsp3) is 0.312. The zero-order chi connectivity index (χ0) is 16.1. The van der Waals surface area contributed by atoms with Crippen molar-refractivity contribution < 1.29 is 19.1 Å². The maximum Gasteiger partial charge on any atom is 0.359 e. The molecular formula is C16H18N2O4. The molecule has 0 fully saturated rings. The number of esters is 2. The third-order valence-corrected chi connectivity index (χ3v) is 2.94. The Morgan fingerprint density at radius 3 is 2.45 bits per heavy atom. The van der Waals surface area contributed by atoms with Crippen LogP contribution in [0.2, 0.25) is 0 Å². The lowest BCUT2D eigenvalue weighted by molar-refractivity contribution is 0.0471. The van der Waals surface area contributed by atoms with E-state index in [2.05, 4.69) is 9.97 Å². The topological polar surface area (TPSA) is 81.3 Å². The van der Waals surface area contributed by atoms with Crippen LogP contribution in [0.15, 0.2) is 24.3 Å². The lowest BCUT2D eigenvalue weighted by atomic mass is 10.1. The number of nitrogens with one attached hydrogen (secondary N) is 1. The first kappa shape index (κ1) is 15.8. The van der Waals surface area contributed by atoms with Crippen molar-refractivity contribution in [2.75, 3.05) is 13.2 Å². The van der Waals surface area contributed by atoms with Gasteiger partial charge in [-0.05, 0) is 26.8 Å². The maximum absolute atomic E-state index is 12.0. The molecule has 6 heteroatoms.